The van der Waals surface area contributed by atoms with E-state index >= 15 is 0 Å². The van der Waals surface area contributed by atoms with E-state index in [2.05, 4.69) is 11.0 Å². The van der Waals surface area contributed by atoms with Crippen molar-refractivity contribution in [3.8, 4) is 5.75 Å². The quantitative estimate of drug-likeness (QED) is 0.846. The van der Waals surface area contributed by atoms with Crippen LogP contribution < -0.4 is 4.74 Å². The highest BCUT2D eigenvalue weighted by molar-refractivity contribution is 5.85. The van der Waals surface area contributed by atoms with E-state index in [1.54, 1.807) is 13.2 Å². The van der Waals surface area contributed by atoms with Crippen molar-refractivity contribution in [1.82, 2.24) is 4.90 Å². The van der Waals surface area contributed by atoms with Gasteiger partial charge in [-0.25, -0.2) is 4.79 Å². The predicted octanol–water partition coefficient (Wildman–Crippen LogP) is 3.17. The minimum Gasteiger partial charge on any atom is -0.496 e. The summed E-state index contributed by atoms with van der Waals surface area (Å²) in [5.74, 6) is -0.248. The standard InChI is InChI=1S/C17H23NO3/c1-21-16-8-6-14(12-15(16)7-9-17(19)20)13-18-10-4-2-3-5-11-18/h6-9,12H,2-5,10-11,13H2,1H3,(H,19,20). The average molecular weight is 289 g/mol. The number of aliphatic carboxylic acids is 1. The molecule has 4 nitrogen and oxygen atoms in total. The summed E-state index contributed by atoms with van der Waals surface area (Å²) >= 11 is 0. The zero-order chi connectivity index (χ0) is 15.1. The predicted molar refractivity (Wildman–Crippen MR) is 83.4 cm³/mol. The average Bonchev–Trinajstić information content (AvgIpc) is 2.74. The maximum atomic E-state index is 10.7. The summed E-state index contributed by atoms with van der Waals surface area (Å²) in [6.07, 6.45) is 7.92. The Bertz CT molecular complexity index is 503. The summed E-state index contributed by atoms with van der Waals surface area (Å²) in [6.45, 7) is 3.20. The maximum Gasteiger partial charge on any atom is 0.328 e. The van der Waals surface area contributed by atoms with Gasteiger partial charge in [0.25, 0.3) is 0 Å². The molecule has 1 N–H and O–H groups in total. The van der Waals surface area contributed by atoms with Crippen LogP contribution in [0.25, 0.3) is 6.08 Å². The van der Waals surface area contributed by atoms with Crippen LogP contribution in [0.5, 0.6) is 5.75 Å². The third kappa shape index (κ3) is 4.90. The molecular formula is C17H23NO3. The third-order valence-electron chi connectivity index (χ3n) is 3.80. The van der Waals surface area contributed by atoms with Crippen LogP contribution in [0.1, 0.15) is 36.8 Å². The van der Waals surface area contributed by atoms with Crippen molar-refractivity contribution in [3.05, 3.63) is 35.4 Å². The van der Waals surface area contributed by atoms with Gasteiger partial charge >= 0.3 is 5.97 Å². The molecule has 0 spiro atoms. The van der Waals surface area contributed by atoms with E-state index in [9.17, 15) is 4.79 Å². The summed E-state index contributed by atoms with van der Waals surface area (Å²) in [4.78, 5) is 13.1. The second kappa shape index (κ2) is 7.84. The van der Waals surface area contributed by atoms with Crippen LogP contribution in [-0.2, 0) is 11.3 Å². The largest absolute Gasteiger partial charge is 0.496 e. The molecule has 114 valence electrons. The number of hydrogen-bond acceptors (Lipinski definition) is 3. The molecule has 21 heavy (non-hydrogen) atoms. The molecule has 1 aromatic carbocycles. The summed E-state index contributed by atoms with van der Waals surface area (Å²) in [5, 5.41) is 8.76. The van der Waals surface area contributed by atoms with Crippen LogP contribution in [0.4, 0.5) is 0 Å². The second-order valence-corrected chi connectivity index (χ2v) is 5.44. The third-order valence-corrected chi connectivity index (χ3v) is 3.80. The van der Waals surface area contributed by atoms with E-state index in [4.69, 9.17) is 9.84 Å². The van der Waals surface area contributed by atoms with Crippen molar-refractivity contribution in [1.29, 1.82) is 0 Å². The first-order chi connectivity index (χ1) is 10.2. The summed E-state index contributed by atoms with van der Waals surface area (Å²) in [7, 11) is 1.60. The number of benzene rings is 1. The van der Waals surface area contributed by atoms with Crippen LogP contribution >= 0.6 is 0 Å². The molecule has 0 unspecified atom stereocenters. The van der Waals surface area contributed by atoms with Gasteiger partial charge in [0.15, 0.2) is 0 Å². The van der Waals surface area contributed by atoms with Crippen molar-refractivity contribution in [2.24, 2.45) is 0 Å². The van der Waals surface area contributed by atoms with Crippen LogP contribution in [-0.4, -0.2) is 36.2 Å². The topological polar surface area (TPSA) is 49.8 Å². The highest BCUT2D eigenvalue weighted by Crippen LogP contribution is 2.23. The van der Waals surface area contributed by atoms with Gasteiger partial charge in [0.2, 0.25) is 0 Å². The van der Waals surface area contributed by atoms with Crippen molar-refractivity contribution < 1.29 is 14.6 Å². The number of carboxylic acids is 1. The van der Waals surface area contributed by atoms with Gasteiger partial charge in [-0.3, -0.25) is 4.90 Å². The molecule has 0 amide bonds. The maximum absolute atomic E-state index is 10.7. The van der Waals surface area contributed by atoms with E-state index < -0.39 is 5.97 Å². The van der Waals surface area contributed by atoms with E-state index in [0.717, 1.165) is 31.3 Å². The summed E-state index contributed by atoms with van der Waals surface area (Å²) in [6, 6.07) is 5.99. The Labute approximate surface area is 126 Å². The first-order valence-corrected chi connectivity index (χ1v) is 7.49. The van der Waals surface area contributed by atoms with E-state index in [1.165, 1.54) is 31.2 Å². The lowest BCUT2D eigenvalue weighted by Crippen LogP contribution is -2.23. The number of ether oxygens (including phenoxy) is 1. The monoisotopic (exact) mass is 289 g/mol. The number of hydrogen-bond donors (Lipinski definition) is 1. The molecule has 1 aliphatic heterocycles. The molecule has 0 atom stereocenters. The Morgan fingerprint density at radius 2 is 2.00 bits per heavy atom. The number of nitrogens with zero attached hydrogens (tertiary/aromatic N) is 1. The van der Waals surface area contributed by atoms with E-state index in [-0.39, 0.29) is 0 Å². The molecule has 0 aromatic heterocycles. The first-order valence-electron chi connectivity index (χ1n) is 7.49. The smallest absolute Gasteiger partial charge is 0.328 e. The van der Waals surface area contributed by atoms with Gasteiger partial charge in [0, 0.05) is 18.2 Å². The molecule has 1 aliphatic rings. The Kier molecular flexibility index (Phi) is 5.81. The molecule has 1 saturated heterocycles. The summed E-state index contributed by atoms with van der Waals surface area (Å²) in [5.41, 5.74) is 2.01. The fourth-order valence-electron chi connectivity index (χ4n) is 2.73. The van der Waals surface area contributed by atoms with Crippen molar-refractivity contribution in [2.45, 2.75) is 32.2 Å². The van der Waals surface area contributed by atoms with Crippen LogP contribution in [0.3, 0.4) is 0 Å². The molecule has 1 aromatic rings. The molecule has 1 fully saturated rings. The fourth-order valence-corrected chi connectivity index (χ4v) is 2.73. The van der Waals surface area contributed by atoms with Gasteiger partial charge in [-0.2, -0.15) is 0 Å². The van der Waals surface area contributed by atoms with E-state index in [0.29, 0.717) is 5.75 Å². The number of methoxy groups -OCH3 is 1. The highest BCUT2D eigenvalue weighted by Gasteiger charge is 2.10. The van der Waals surface area contributed by atoms with Gasteiger partial charge in [-0.15, -0.1) is 0 Å². The number of carboxylic acid groups (broad SMARTS) is 1. The Balaban J connectivity index is 2.12. The molecule has 2 rings (SSSR count). The number of rotatable bonds is 5. The van der Waals surface area contributed by atoms with Gasteiger partial charge in [-0.1, -0.05) is 18.9 Å². The van der Waals surface area contributed by atoms with Crippen LogP contribution in [0.15, 0.2) is 24.3 Å². The highest BCUT2D eigenvalue weighted by atomic mass is 16.5. The van der Waals surface area contributed by atoms with Gasteiger partial charge < -0.3 is 9.84 Å². The lowest BCUT2D eigenvalue weighted by molar-refractivity contribution is -0.131. The second-order valence-electron chi connectivity index (χ2n) is 5.44. The molecular weight excluding hydrogens is 266 g/mol. The zero-order valence-corrected chi connectivity index (χ0v) is 12.5. The fraction of sp³-hybridized carbons (Fsp3) is 0.471. The molecule has 4 heteroatoms. The van der Waals surface area contributed by atoms with Gasteiger partial charge in [0.1, 0.15) is 5.75 Å². The van der Waals surface area contributed by atoms with Crippen LogP contribution in [0, 0.1) is 0 Å². The van der Waals surface area contributed by atoms with Crippen molar-refractivity contribution >= 4 is 12.0 Å². The Morgan fingerprint density at radius 3 is 2.62 bits per heavy atom. The number of carbonyl (C=O) groups is 1. The summed E-state index contributed by atoms with van der Waals surface area (Å²) < 4.78 is 5.28. The molecule has 0 saturated carbocycles. The zero-order valence-electron chi connectivity index (χ0n) is 12.5. The minimum absolute atomic E-state index is 0.701. The molecule has 1 heterocycles. The van der Waals surface area contributed by atoms with Crippen LogP contribution in [0.2, 0.25) is 0 Å². The van der Waals surface area contributed by atoms with E-state index in [1.807, 2.05) is 12.1 Å². The number of likely N-dealkylation sites (tertiary alicyclic amines) is 1. The molecule has 0 aliphatic carbocycles. The molecule has 0 bridgehead atoms. The SMILES string of the molecule is COc1ccc(CN2CCCCCC2)cc1C=CC(=O)O. The normalized spacial score (nSPS) is 16.8. The Hall–Kier alpha value is -1.81. The Morgan fingerprint density at radius 1 is 1.29 bits per heavy atom. The lowest BCUT2D eigenvalue weighted by atomic mass is 10.1. The van der Waals surface area contributed by atoms with Crippen molar-refractivity contribution in [2.75, 3.05) is 20.2 Å². The minimum atomic E-state index is -0.949. The lowest BCUT2D eigenvalue weighted by Gasteiger charge is -2.20. The molecule has 0 radical (unpaired) electrons. The van der Waals surface area contributed by atoms with Crippen molar-refractivity contribution in [3.63, 3.8) is 0 Å². The first kappa shape index (κ1) is 15.6. The van der Waals surface area contributed by atoms with Gasteiger partial charge in [0.05, 0.1) is 7.11 Å². The van der Waals surface area contributed by atoms with Gasteiger partial charge in [-0.05, 0) is 49.7 Å².